The molecule has 0 amide bonds. The van der Waals surface area contributed by atoms with E-state index in [4.69, 9.17) is 0 Å². The van der Waals surface area contributed by atoms with Gasteiger partial charge >= 0.3 is 0 Å². The van der Waals surface area contributed by atoms with Crippen LogP contribution in [0.2, 0.25) is 0 Å². The van der Waals surface area contributed by atoms with Crippen molar-refractivity contribution in [2.45, 2.75) is 52.0 Å². The lowest BCUT2D eigenvalue weighted by atomic mass is 10.1. The van der Waals surface area contributed by atoms with Gasteiger partial charge in [0.25, 0.3) is 0 Å². The van der Waals surface area contributed by atoms with Gasteiger partial charge in [-0.2, -0.15) is 0 Å². The molecule has 3 heteroatoms. The Kier molecular flexibility index (Phi) is 8.64. The van der Waals surface area contributed by atoms with Gasteiger partial charge in [0, 0.05) is 19.1 Å². The Labute approximate surface area is 114 Å². The molecule has 0 spiro atoms. The van der Waals surface area contributed by atoms with Crippen LogP contribution in [0.25, 0.3) is 0 Å². The van der Waals surface area contributed by atoms with Crippen LogP contribution in [0.1, 0.15) is 46.0 Å². The van der Waals surface area contributed by atoms with Crippen molar-refractivity contribution in [3.05, 3.63) is 0 Å². The van der Waals surface area contributed by atoms with Crippen molar-refractivity contribution in [3.63, 3.8) is 0 Å². The van der Waals surface area contributed by atoms with E-state index < -0.39 is 0 Å². The normalized spacial score (nSPS) is 20.8. The van der Waals surface area contributed by atoms with Gasteiger partial charge in [0.2, 0.25) is 0 Å². The van der Waals surface area contributed by atoms with Crippen molar-refractivity contribution in [1.82, 2.24) is 15.1 Å². The van der Waals surface area contributed by atoms with Crippen molar-refractivity contribution >= 4 is 0 Å². The van der Waals surface area contributed by atoms with Crippen LogP contribution in [-0.2, 0) is 0 Å². The van der Waals surface area contributed by atoms with Crippen molar-refractivity contribution < 1.29 is 0 Å². The summed E-state index contributed by atoms with van der Waals surface area (Å²) in [4.78, 5) is 5.10. The van der Waals surface area contributed by atoms with Crippen LogP contribution in [0.15, 0.2) is 0 Å². The monoisotopic (exact) mass is 255 g/mol. The van der Waals surface area contributed by atoms with E-state index >= 15 is 0 Å². The van der Waals surface area contributed by atoms with Crippen molar-refractivity contribution in [1.29, 1.82) is 0 Å². The van der Waals surface area contributed by atoms with Gasteiger partial charge in [-0.15, -0.1) is 0 Å². The first-order chi connectivity index (χ1) is 8.76. The maximum absolute atomic E-state index is 3.65. The maximum Gasteiger partial charge on any atom is 0.0109 e. The van der Waals surface area contributed by atoms with Gasteiger partial charge < -0.3 is 15.1 Å². The molecule has 1 N–H and O–H groups in total. The lowest BCUT2D eigenvalue weighted by molar-refractivity contribution is 0.265. The number of likely N-dealkylation sites (N-methyl/N-ethyl adjacent to an activating group) is 1. The molecule has 0 radical (unpaired) electrons. The highest BCUT2D eigenvalue weighted by molar-refractivity contribution is 4.70. The molecule has 1 atom stereocenters. The second-order valence-corrected chi connectivity index (χ2v) is 5.70. The zero-order valence-electron chi connectivity index (χ0n) is 12.7. The molecule has 0 aromatic heterocycles. The van der Waals surface area contributed by atoms with E-state index in [1.165, 1.54) is 71.4 Å². The molecule has 1 saturated heterocycles. The third-order valence-electron chi connectivity index (χ3n) is 4.01. The summed E-state index contributed by atoms with van der Waals surface area (Å²) in [6.45, 7) is 12.1. The predicted molar refractivity (Wildman–Crippen MR) is 80.2 cm³/mol. The first-order valence-electron chi connectivity index (χ1n) is 7.90. The summed E-state index contributed by atoms with van der Waals surface area (Å²) < 4.78 is 0. The van der Waals surface area contributed by atoms with Gasteiger partial charge in [-0.25, -0.2) is 0 Å². The molecule has 0 aromatic carbocycles. The molecule has 1 rings (SSSR count). The maximum atomic E-state index is 3.65. The Hall–Kier alpha value is -0.120. The fourth-order valence-electron chi connectivity index (χ4n) is 2.68. The molecule has 0 aliphatic carbocycles. The molecular weight excluding hydrogens is 222 g/mol. The predicted octanol–water partition coefficient (Wildman–Crippen LogP) is 2.18. The average Bonchev–Trinajstić information content (AvgIpc) is 2.58. The molecule has 1 aliphatic heterocycles. The van der Waals surface area contributed by atoms with E-state index in [1.807, 2.05) is 0 Å². The van der Waals surface area contributed by atoms with E-state index in [0.717, 1.165) is 6.04 Å². The van der Waals surface area contributed by atoms with Gasteiger partial charge in [-0.05, 0) is 65.3 Å². The summed E-state index contributed by atoms with van der Waals surface area (Å²) in [5, 5.41) is 3.65. The summed E-state index contributed by atoms with van der Waals surface area (Å²) in [5.41, 5.74) is 0. The van der Waals surface area contributed by atoms with Crippen LogP contribution in [0, 0.1) is 0 Å². The minimum Gasteiger partial charge on any atom is -0.314 e. The molecule has 108 valence electrons. The number of hydrogen-bond donors (Lipinski definition) is 1. The minimum absolute atomic E-state index is 0.736. The molecule has 1 aliphatic rings. The van der Waals surface area contributed by atoms with E-state index in [2.05, 4.69) is 36.0 Å². The minimum atomic E-state index is 0.736. The smallest absolute Gasteiger partial charge is 0.0109 e. The SMILES string of the molecule is CCCNC(CC)CCCN1CCCN(C)CC1. The highest BCUT2D eigenvalue weighted by Crippen LogP contribution is 2.06. The van der Waals surface area contributed by atoms with Crippen molar-refractivity contribution in [3.8, 4) is 0 Å². The molecule has 0 saturated carbocycles. The molecule has 1 fully saturated rings. The molecule has 1 unspecified atom stereocenters. The lowest BCUT2D eigenvalue weighted by Crippen LogP contribution is -2.32. The third-order valence-corrected chi connectivity index (χ3v) is 4.01. The first kappa shape index (κ1) is 15.9. The van der Waals surface area contributed by atoms with E-state index in [1.54, 1.807) is 0 Å². The highest BCUT2D eigenvalue weighted by atomic mass is 15.2. The van der Waals surface area contributed by atoms with E-state index in [0.29, 0.717) is 0 Å². The fraction of sp³-hybridized carbons (Fsp3) is 1.00. The Bertz CT molecular complexity index is 196. The number of rotatable bonds is 8. The zero-order chi connectivity index (χ0) is 13.2. The summed E-state index contributed by atoms with van der Waals surface area (Å²) in [7, 11) is 2.24. The first-order valence-corrected chi connectivity index (χ1v) is 7.90. The molecular formula is C15H33N3. The van der Waals surface area contributed by atoms with Crippen molar-refractivity contribution in [2.75, 3.05) is 46.3 Å². The second-order valence-electron chi connectivity index (χ2n) is 5.70. The van der Waals surface area contributed by atoms with Crippen LogP contribution in [-0.4, -0.2) is 62.2 Å². The topological polar surface area (TPSA) is 18.5 Å². The Morgan fingerprint density at radius 2 is 1.94 bits per heavy atom. The van der Waals surface area contributed by atoms with Crippen LogP contribution in [0.5, 0.6) is 0 Å². The Morgan fingerprint density at radius 3 is 2.67 bits per heavy atom. The van der Waals surface area contributed by atoms with Crippen LogP contribution in [0.4, 0.5) is 0 Å². The van der Waals surface area contributed by atoms with Crippen LogP contribution < -0.4 is 5.32 Å². The van der Waals surface area contributed by atoms with Crippen LogP contribution >= 0.6 is 0 Å². The summed E-state index contributed by atoms with van der Waals surface area (Å²) in [5.74, 6) is 0. The Morgan fingerprint density at radius 1 is 1.11 bits per heavy atom. The number of nitrogens with one attached hydrogen (secondary N) is 1. The highest BCUT2D eigenvalue weighted by Gasteiger charge is 2.12. The summed E-state index contributed by atoms with van der Waals surface area (Å²) >= 11 is 0. The molecule has 0 aromatic rings. The fourth-order valence-corrected chi connectivity index (χ4v) is 2.68. The Balaban J connectivity index is 2.11. The van der Waals surface area contributed by atoms with Gasteiger partial charge in [-0.3, -0.25) is 0 Å². The molecule has 3 nitrogen and oxygen atoms in total. The zero-order valence-corrected chi connectivity index (χ0v) is 12.7. The number of hydrogen-bond acceptors (Lipinski definition) is 3. The third kappa shape index (κ3) is 6.72. The average molecular weight is 255 g/mol. The van der Waals surface area contributed by atoms with E-state index in [-0.39, 0.29) is 0 Å². The van der Waals surface area contributed by atoms with Crippen LogP contribution in [0.3, 0.4) is 0 Å². The lowest BCUT2D eigenvalue weighted by Gasteiger charge is -2.22. The summed E-state index contributed by atoms with van der Waals surface area (Å²) in [6, 6.07) is 0.736. The largest absolute Gasteiger partial charge is 0.314 e. The van der Waals surface area contributed by atoms with Gasteiger partial charge in [0.1, 0.15) is 0 Å². The quantitative estimate of drug-likeness (QED) is 0.717. The van der Waals surface area contributed by atoms with Gasteiger partial charge in [0.05, 0.1) is 0 Å². The second kappa shape index (κ2) is 9.76. The van der Waals surface area contributed by atoms with Crippen molar-refractivity contribution in [2.24, 2.45) is 0 Å². The molecule has 1 heterocycles. The van der Waals surface area contributed by atoms with Gasteiger partial charge in [-0.1, -0.05) is 13.8 Å². The molecule has 0 bridgehead atoms. The number of nitrogens with zero attached hydrogens (tertiary/aromatic N) is 2. The van der Waals surface area contributed by atoms with Gasteiger partial charge in [0.15, 0.2) is 0 Å². The molecule has 18 heavy (non-hydrogen) atoms. The van der Waals surface area contributed by atoms with E-state index in [9.17, 15) is 0 Å². The summed E-state index contributed by atoms with van der Waals surface area (Å²) in [6.07, 6.45) is 6.53. The standard InChI is InChI=1S/C15H33N3/c1-4-9-16-15(5-2)8-6-11-18-12-7-10-17(3)13-14-18/h15-16H,4-14H2,1-3H3.